The summed E-state index contributed by atoms with van der Waals surface area (Å²) in [6.07, 6.45) is 1.46. The van der Waals surface area contributed by atoms with E-state index in [9.17, 15) is 4.39 Å². The number of methoxy groups -OCH3 is 2. The number of halogens is 2. The molecule has 140 valence electrons. The molecule has 9 heteroatoms. The SMILES string of the molecule is COc1cc(/C=N\OCc2nc(-c3ccc(F)cc3)no2)cc(Cl)c1OC. The van der Waals surface area contributed by atoms with Gasteiger partial charge in [0, 0.05) is 11.1 Å². The van der Waals surface area contributed by atoms with Gasteiger partial charge in [0.25, 0.3) is 5.89 Å². The topological polar surface area (TPSA) is 79.0 Å². The van der Waals surface area contributed by atoms with Gasteiger partial charge in [-0.1, -0.05) is 21.9 Å². The second kappa shape index (κ2) is 8.50. The maximum absolute atomic E-state index is 12.9. The zero-order valence-electron chi connectivity index (χ0n) is 14.5. The van der Waals surface area contributed by atoms with E-state index >= 15 is 0 Å². The molecule has 0 fully saturated rings. The highest BCUT2D eigenvalue weighted by molar-refractivity contribution is 6.32. The lowest BCUT2D eigenvalue weighted by molar-refractivity contribution is 0.107. The highest BCUT2D eigenvalue weighted by atomic mass is 35.5. The van der Waals surface area contributed by atoms with Crippen LogP contribution < -0.4 is 9.47 Å². The molecule has 0 amide bonds. The van der Waals surface area contributed by atoms with Crippen LogP contribution >= 0.6 is 11.6 Å². The van der Waals surface area contributed by atoms with E-state index in [4.69, 9.17) is 30.4 Å². The smallest absolute Gasteiger partial charge is 0.267 e. The molecular weight excluding hydrogens is 377 g/mol. The molecule has 0 saturated heterocycles. The average Bonchev–Trinajstić information content (AvgIpc) is 3.14. The summed E-state index contributed by atoms with van der Waals surface area (Å²) in [6, 6.07) is 9.13. The van der Waals surface area contributed by atoms with Crippen molar-refractivity contribution in [1.29, 1.82) is 0 Å². The average molecular weight is 392 g/mol. The quantitative estimate of drug-likeness (QED) is 0.445. The summed E-state index contributed by atoms with van der Waals surface area (Å²) in [5, 5.41) is 8.05. The minimum Gasteiger partial charge on any atom is -0.493 e. The van der Waals surface area contributed by atoms with Crippen LogP contribution in [0, 0.1) is 5.82 Å². The van der Waals surface area contributed by atoms with Gasteiger partial charge in [0.1, 0.15) is 5.82 Å². The van der Waals surface area contributed by atoms with Gasteiger partial charge in [0.05, 0.1) is 25.5 Å². The maximum atomic E-state index is 12.9. The molecule has 1 heterocycles. The molecule has 7 nitrogen and oxygen atoms in total. The van der Waals surface area contributed by atoms with Crippen LogP contribution in [0.15, 0.2) is 46.1 Å². The van der Waals surface area contributed by atoms with Crippen LogP contribution in [0.4, 0.5) is 4.39 Å². The van der Waals surface area contributed by atoms with Gasteiger partial charge in [-0.2, -0.15) is 4.98 Å². The number of nitrogens with zero attached hydrogens (tertiary/aromatic N) is 3. The van der Waals surface area contributed by atoms with E-state index in [0.29, 0.717) is 33.5 Å². The van der Waals surface area contributed by atoms with Gasteiger partial charge in [-0.25, -0.2) is 4.39 Å². The van der Waals surface area contributed by atoms with Crippen molar-refractivity contribution >= 4 is 17.8 Å². The fourth-order valence-electron chi connectivity index (χ4n) is 2.23. The summed E-state index contributed by atoms with van der Waals surface area (Å²) >= 11 is 6.13. The molecule has 3 aromatic rings. The van der Waals surface area contributed by atoms with Gasteiger partial charge in [-0.3, -0.25) is 0 Å². The Balaban J connectivity index is 1.62. The number of aromatic nitrogens is 2. The van der Waals surface area contributed by atoms with E-state index in [1.165, 1.54) is 32.6 Å². The molecule has 0 saturated carbocycles. The van der Waals surface area contributed by atoms with Crippen LogP contribution in [0.25, 0.3) is 11.4 Å². The fraction of sp³-hybridized carbons (Fsp3) is 0.167. The zero-order valence-corrected chi connectivity index (χ0v) is 15.2. The van der Waals surface area contributed by atoms with Gasteiger partial charge < -0.3 is 18.8 Å². The third-order valence-electron chi connectivity index (χ3n) is 3.49. The van der Waals surface area contributed by atoms with Crippen molar-refractivity contribution in [1.82, 2.24) is 10.1 Å². The van der Waals surface area contributed by atoms with Crippen molar-refractivity contribution in [2.24, 2.45) is 5.16 Å². The van der Waals surface area contributed by atoms with Crippen molar-refractivity contribution in [2.45, 2.75) is 6.61 Å². The summed E-state index contributed by atoms with van der Waals surface area (Å²) in [4.78, 5) is 9.32. The number of benzene rings is 2. The third-order valence-corrected chi connectivity index (χ3v) is 3.77. The highest BCUT2D eigenvalue weighted by Gasteiger charge is 2.11. The normalized spacial score (nSPS) is 11.0. The van der Waals surface area contributed by atoms with Gasteiger partial charge in [0.2, 0.25) is 5.82 Å². The Morgan fingerprint density at radius 3 is 2.67 bits per heavy atom. The summed E-state index contributed by atoms with van der Waals surface area (Å²) in [5.41, 5.74) is 1.30. The number of oxime groups is 1. The molecular formula is C18H15ClFN3O4. The summed E-state index contributed by atoms with van der Waals surface area (Å²) in [5.74, 6) is 1.15. The van der Waals surface area contributed by atoms with Gasteiger partial charge in [0.15, 0.2) is 18.1 Å². The minimum absolute atomic E-state index is 0.0221. The Bertz CT molecular complexity index is 944. The van der Waals surface area contributed by atoms with Gasteiger partial charge in [-0.15, -0.1) is 0 Å². The van der Waals surface area contributed by atoms with E-state index in [1.54, 1.807) is 24.3 Å². The second-order valence-electron chi connectivity index (χ2n) is 5.26. The molecule has 0 aliphatic rings. The van der Waals surface area contributed by atoms with Gasteiger partial charge >= 0.3 is 0 Å². The summed E-state index contributed by atoms with van der Waals surface area (Å²) < 4.78 is 28.4. The molecule has 0 radical (unpaired) electrons. The molecule has 0 N–H and O–H groups in total. The van der Waals surface area contributed by atoms with Crippen molar-refractivity contribution in [3.8, 4) is 22.9 Å². The molecule has 0 bridgehead atoms. The molecule has 0 atom stereocenters. The Morgan fingerprint density at radius 1 is 1.19 bits per heavy atom. The first kappa shape index (κ1) is 18.7. The molecule has 0 unspecified atom stereocenters. The maximum Gasteiger partial charge on any atom is 0.267 e. The summed E-state index contributed by atoms with van der Waals surface area (Å²) in [6.45, 7) is -0.0221. The molecule has 2 aromatic carbocycles. The number of hydrogen-bond acceptors (Lipinski definition) is 7. The predicted molar refractivity (Wildman–Crippen MR) is 96.6 cm³/mol. The Kier molecular flexibility index (Phi) is 5.87. The van der Waals surface area contributed by atoms with Gasteiger partial charge in [-0.05, 0) is 36.4 Å². The van der Waals surface area contributed by atoms with Crippen LogP contribution in [0.1, 0.15) is 11.5 Å². The lowest BCUT2D eigenvalue weighted by atomic mass is 10.2. The minimum atomic E-state index is -0.338. The van der Waals surface area contributed by atoms with Crippen molar-refractivity contribution < 1.29 is 23.2 Å². The van der Waals surface area contributed by atoms with E-state index < -0.39 is 0 Å². The number of ether oxygens (including phenoxy) is 2. The Hall–Kier alpha value is -3.13. The van der Waals surface area contributed by atoms with Crippen LogP contribution in [0.3, 0.4) is 0 Å². The van der Waals surface area contributed by atoms with Crippen LogP contribution in [0.2, 0.25) is 5.02 Å². The van der Waals surface area contributed by atoms with E-state index in [2.05, 4.69) is 15.3 Å². The van der Waals surface area contributed by atoms with Crippen LogP contribution in [-0.2, 0) is 11.4 Å². The standard InChI is InChI=1S/C18H15ClFN3O4/c1-24-15-8-11(7-14(19)17(15)25-2)9-21-26-10-16-22-18(23-27-16)12-3-5-13(20)6-4-12/h3-9H,10H2,1-2H3/b21-9-. The Labute approximate surface area is 159 Å². The molecule has 0 aliphatic carbocycles. The first-order valence-corrected chi connectivity index (χ1v) is 8.14. The van der Waals surface area contributed by atoms with Crippen LogP contribution in [0.5, 0.6) is 11.5 Å². The highest BCUT2D eigenvalue weighted by Crippen LogP contribution is 2.35. The van der Waals surface area contributed by atoms with Crippen molar-refractivity contribution in [2.75, 3.05) is 14.2 Å². The zero-order chi connectivity index (χ0) is 19.2. The Morgan fingerprint density at radius 2 is 1.96 bits per heavy atom. The molecule has 3 rings (SSSR count). The molecule has 27 heavy (non-hydrogen) atoms. The van der Waals surface area contributed by atoms with Crippen molar-refractivity contribution in [3.05, 3.63) is 58.7 Å². The largest absolute Gasteiger partial charge is 0.493 e. The molecule has 0 spiro atoms. The number of rotatable bonds is 7. The van der Waals surface area contributed by atoms with E-state index in [0.717, 1.165) is 0 Å². The fourth-order valence-corrected chi connectivity index (χ4v) is 2.53. The van der Waals surface area contributed by atoms with Crippen LogP contribution in [-0.4, -0.2) is 30.6 Å². The second-order valence-corrected chi connectivity index (χ2v) is 5.67. The first-order chi connectivity index (χ1) is 13.1. The third kappa shape index (κ3) is 4.53. The van der Waals surface area contributed by atoms with E-state index in [-0.39, 0.29) is 18.3 Å². The lowest BCUT2D eigenvalue weighted by Crippen LogP contribution is -1.94. The molecule has 1 aromatic heterocycles. The number of hydrogen-bond donors (Lipinski definition) is 0. The first-order valence-electron chi connectivity index (χ1n) is 7.76. The van der Waals surface area contributed by atoms with E-state index in [1.807, 2.05) is 0 Å². The lowest BCUT2D eigenvalue weighted by Gasteiger charge is -2.09. The monoisotopic (exact) mass is 391 g/mol. The summed E-state index contributed by atoms with van der Waals surface area (Å²) in [7, 11) is 3.02. The molecule has 0 aliphatic heterocycles. The van der Waals surface area contributed by atoms with Crippen molar-refractivity contribution in [3.63, 3.8) is 0 Å². The predicted octanol–water partition coefficient (Wildman–Crippen LogP) is 4.10.